The zero-order chi connectivity index (χ0) is 16.6. The van der Waals surface area contributed by atoms with E-state index in [-0.39, 0.29) is 10.7 Å². The van der Waals surface area contributed by atoms with Gasteiger partial charge in [-0.15, -0.1) is 0 Å². The molecule has 0 unspecified atom stereocenters. The second-order valence-corrected chi connectivity index (χ2v) is 7.64. The topological polar surface area (TPSA) is 47.7 Å². The third-order valence-electron chi connectivity index (χ3n) is 4.81. The van der Waals surface area contributed by atoms with E-state index in [1.54, 1.807) is 0 Å². The molecule has 0 amide bonds. The molecule has 5 rings (SSSR count). The molecule has 0 radical (unpaired) electrons. The van der Waals surface area contributed by atoms with E-state index in [4.69, 9.17) is 10.8 Å². The molecule has 114 valence electrons. The minimum atomic E-state index is 0.241. The number of nitrogens with one attached hydrogen (secondary N) is 2. The summed E-state index contributed by atoms with van der Waals surface area (Å²) in [5.74, 6) is 0. The fourth-order valence-corrected chi connectivity index (χ4v) is 4.95. The molecule has 24 heavy (non-hydrogen) atoms. The highest BCUT2D eigenvalue weighted by molar-refractivity contribution is 9.11. The Morgan fingerprint density at radius 1 is 0.583 bits per heavy atom. The molecule has 0 bridgehead atoms. The highest BCUT2D eigenvalue weighted by Gasteiger charge is 2.18. The van der Waals surface area contributed by atoms with Crippen LogP contribution in [0, 0.1) is 10.8 Å². The third-order valence-corrected chi connectivity index (χ3v) is 6.26. The summed E-state index contributed by atoms with van der Waals surface area (Å²) in [5, 5.41) is 25.9. The van der Waals surface area contributed by atoms with Crippen molar-refractivity contribution in [3.8, 4) is 0 Å². The standard InChI is InChI=1S/C20H10Br2N2/c21-13-8-7-9-3-1-4-10-14(9)16(13)11-5-2-6-12-15(11)17(10)18(22)20(24)19(12)23/h1-8,23-24H. The van der Waals surface area contributed by atoms with Gasteiger partial charge in [0.25, 0.3) is 0 Å². The smallest absolute Gasteiger partial charge is 0.0944 e. The molecular weight excluding hydrogens is 428 g/mol. The van der Waals surface area contributed by atoms with E-state index in [9.17, 15) is 0 Å². The van der Waals surface area contributed by atoms with Gasteiger partial charge in [0.1, 0.15) is 0 Å². The maximum atomic E-state index is 8.38. The maximum Gasteiger partial charge on any atom is 0.0944 e. The molecule has 0 aliphatic rings. The summed E-state index contributed by atoms with van der Waals surface area (Å²) < 4.78 is 1.75. The Bertz CT molecular complexity index is 1410. The highest BCUT2D eigenvalue weighted by atomic mass is 79.9. The fraction of sp³-hybridized carbons (Fsp3) is 0. The van der Waals surface area contributed by atoms with Crippen LogP contribution >= 0.6 is 31.9 Å². The van der Waals surface area contributed by atoms with E-state index in [0.29, 0.717) is 4.47 Å². The van der Waals surface area contributed by atoms with E-state index >= 15 is 0 Å². The average Bonchev–Trinajstić information content (AvgIpc) is 2.60. The van der Waals surface area contributed by atoms with Crippen molar-refractivity contribution in [2.24, 2.45) is 0 Å². The number of hydrogen-bond donors (Lipinski definition) is 2. The van der Waals surface area contributed by atoms with Crippen LogP contribution in [0.4, 0.5) is 0 Å². The zero-order valence-electron chi connectivity index (χ0n) is 12.4. The average molecular weight is 438 g/mol. The largest absolute Gasteiger partial charge is 0.298 e. The van der Waals surface area contributed by atoms with E-state index in [0.717, 1.165) is 31.4 Å². The summed E-state index contributed by atoms with van der Waals surface area (Å²) in [6.07, 6.45) is 0. The first-order chi connectivity index (χ1) is 11.6. The van der Waals surface area contributed by atoms with Crippen LogP contribution in [0.2, 0.25) is 0 Å². The molecule has 4 heteroatoms. The van der Waals surface area contributed by atoms with E-state index in [2.05, 4.69) is 68.3 Å². The molecule has 2 nitrogen and oxygen atoms in total. The lowest BCUT2D eigenvalue weighted by molar-refractivity contribution is 1.15. The first-order valence-corrected chi connectivity index (χ1v) is 9.11. The lowest BCUT2D eigenvalue weighted by atomic mass is 9.89. The third kappa shape index (κ3) is 1.60. The first-order valence-electron chi connectivity index (χ1n) is 7.53. The van der Waals surface area contributed by atoms with E-state index in [1.807, 2.05) is 12.1 Å². The monoisotopic (exact) mass is 436 g/mol. The van der Waals surface area contributed by atoms with Crippen molar-refractivity contribution in [2.75, 3.05) is 0 Å². The van der Waals surface area contributed by atoms with Crippen LogP contribution in [0.25, 0.3) is 43.1 Å². The van der Waals surface area contributed by atoms with Crippen molar-refractivity contribution in [1.29, 1.82) is 10.8 Å². The summed E-state index contributed by atoms with van der Waals surface area (Å²) in [4.78, 5) is 0. The van der Waals surface area contributed by atoms with Crippen LogP contribution in [0.1, 0.15) is 0 Å². The van der Waals surface area contributed by atoms with Crippen LogP contribution in [-0.2, 0) is 0 Å². The fourth-order valence-electron chi connectivity index (χ4n) is 3.80. The van der Waals surface area contributed by atoms with Gasteiger partial charge in [-0.2, -0.15) is 0 Å². The molecule has 2 N–H and O–H groups in total. The van der Waals surface area contributed by atoms with Gasteiger partial charge in [0.2, 0.25) is 0 Å². The van der Waals surface area contributed by atoms with Gasteiger partial charge in [0.05, 0.1) is 15.2 Å². The highest BCUT2D eigenvalue weighted by Crippen LogP contribution is 2.43. The number of benzene rings is 5. The molecule has 0 fully saturated rings. The summed E-state index contributed by atoms with van der Waals surface area (Å²) >= 11 is 7.31. The molecule has 0 aliphatic heterocycles. The van der Waals surface area contributed by atoms with Gasteiger partial charge in [-0.3, -0.25) is 10.8 Å². The maximum absolute atomic E-state index is 8.38. The van der Waals surface area contributed by atoms with Crippen LogP contribution in [0.15, 0.2) is 57.5 Å². The molecular formula is C20H10Br2N2. The van der Waals surface area contributed by atoms with Crippen molar-refractivity contribution in [1.82, 2.24) is 0 Å². The quantitative estimate of drug-likeness (QED) is 0.232. The van der Waals surface area contributed by atoms with Gasteiger partial charge in [-0.25, -0.2) is 0 Å². The van der Waals surface area contributed by atoms with Crippen LogP contribution in [-0.4, -0.2) is 0 Å². The lowest BCUT2D eigenvalue weighted by Gasteiger charge is -2.16. The molecule has 5 aromatic rings. The minimum absolute atomic E-state index is 0.241. The molecule has 0 atom stereocenters. The molecule has 0 spiro atoms. The summed E-state index contributed by atoms with van der Waals surface area (Å²) in [5.41, 5.74) is 0. The number of fused-ring (bicyclic) bond motifs is 2. The molecule has 0 saturated heterocycles. The van der Waals surface area contributed by atoms with Crippen molar-refractivity contribution in [3.05, 3.63) is 68.2 Å². The molecule has 0 aliphatic carbocycles. The summed E-state index contributed by atoms with van der Waals surface area (Å²) in [6, 6.07) is 16.5. The second-order valence-electron chi connectivity index (χ2n) is 5.99. The predicted molar refractivity (Wildman–Crippen MR) is 106 cm³/mol. The van der Waals surface area contributed by atoms with Crippen molar-refractivity contribution < 1.29 is 0 Å². The Hall–Kier alpha value is -2.04. The Morgan fingerprint density at radius 2 is 1.25 bits per heavy atom. The second kappa shape index (κ2) is 4.74. The Balaban J connectivity index is 2.38. The number of hydrogen-bond acceptors (Lipinski definition) is 2. The van der Waals surface area contributed by atoms with Gasteiger partial charge in [-0.1, -0.05) is 58.4 Å². The molecule has 5 aromatic carbocycles. The zero-order valence-corrected chi connectivity index (χ0v) is 15.5. The van der Waals surface area contributed by atoms with E-state index < -0.39 is 0 Å². The Morgan fingerprint density at radius 3 is 2.04 bits per heavy atom. The predicted octanol–water partition coefficient (Wildman–Crippen LogP) is 5.66. The number of rotatable bonds is 0. The normalized spacial score (nSPS) is 12.1. The van der Waals surface area contributed by atoms with Gasteiger partial charge >= 0.3 is 0 Å². The van der Waals surface area contributed by atoms with Gasteiger partial charge in [0.15, 0.2) is 0 Å². The number of halogens is 2. The Labute approximate surface area is 153 Å². The SMILES string of the molecule is N=c1c(Br)c2c3cccc4ccc(Br)c(c5cccc(c1=N)c52)c43. The summed E-state index contributed by atoms with van der Waals surface area (Å²) in [6.45, 7) is 0. The lowest BCUT2D eigenvalue weighted by Crippen LogP contribution is -2.25. The van der Waals surface area contributed by atoms with E-state index in [1.165, 1.54) is 16.2 Å². The van der Waals surface area contributed by atoms with Crippen LogP contribution in [0.5, 0.6) is 0 Å². The minimum Gasteiger partial charge on any atom is -0.298 e. The molecule has 0 heterocycles. The molecule has 0 aromatic heterocycles. The first kappa shape index (κ1) is 14.3. The van der Waals surface area contributed by atoms with Crippen LogP contribution in [0.3, 0.4) is 0 Å². The van der Waals surface area contributed by atoms with Gasteiger partial charge < -0.3 is 0 Å². The van der Waals surface area contributed by atoms with Gasteiger partial charge in [0, 0.05) is 26.0 Å². The van der Waals surface area contributed by atoms with Crippen LogP contribution < -0.4 is 10.7 Å². The summed E-state index contributed by atoms with van der Waals surface area (Å²) in [7, 11) is 0. The molecule has 0 saturated carbocycles. The Kier molecular flexibility index (Phi) is 2.83. The van der Waals surface area contributed by atoms with Crippen molar-refractivity contribution >= 4 is 74.9 Å². The van der Waals surface area contributed by atoms with Gasteiger partial charge in [-0.05, 0) is 43.5 Å². The van der Waals surface area contributed by atoms with Crippen molar-refractivity contribution in [2.45, 2.75) is 0 Å². The van der Waals surface area contributed by atoms with Crippen molar-refractivity contribution in [3.63, 3.8) is 0 Å².